The van der Waals surface area contributed by atoms with E-state index in [1.54, 1.807) is 25.2 Å². The number of halogens is 2. The third kappa shape index (κ3) is 3.22. The van der Waals surface area contributed by atoms with Crippen molar-refractivity contribution in [1.82, 2.24) is 15.5 Å². The highest BCUT2D eigenvalue weighted by atomic mass is 79.9. The minimum Gasteiger partial charge on any atom is -0.316 e. The van der Waals surface area contributed by atoms with Crippen LogP contribution in [0.3, 0.4) is 0 Å². The number of benzene rings is 1. The Bertz CT molecular complexity index is 695. The summed E-state index contributed by atoms with van der Waals surface area (Å²) in [5, 5.41) is 9.25. The van der Waals surface area contributed by atoms with E-state index in [2.05, 4.69) is 52.1 Å². The Kier molecular flexibility index (Phi) is 4.84. The molecule has 9 heteroatoms. The number of rotatable bonds is 5. The fourth-order valence-electron chi connectivity index (χ4n) is 1.63. The molecule has 0 saturated heterocycles. The van der Waals surface area contributed by atoms with Crippen LogP contribution < -0.4 is 10.0 Å². The number of H-pyrrole nitrogens is 1. The van der Waals surface area contributed by atoms with Crippen LogP contribution in [0, 0.1) is 0 Å². The molecule has 0 atom stereocenters. The van der Waals surface area contributed by atoms with Gasteiger partial charge in [-0.25, -0.2) is 0 Å². The minimum absolute atomic E-state index is 0.0505. The van der Waals surface area contributed by atoms with Gasteiger partial charge in [-0.1, -0.05) is 6.07 Å². The first-order valence-electron chi connectivity index (χ1n) is 5.59. The maximum absolute atomic E-state index is 12.4. The number of nitrogens with one attached hydrogen (secondary N) is 3. The SMILES string of the molecule is CNCc1cn[nH]c1S(=O)(=O)Nc1c(Br)cccc1Br. The molecule has 1 heterocycles. The number of hydrogen-bond acceptors (Lipinski definition) is 4. The summed E-state index contributed by atoms with van der Waals surface area (Å²) in [6, 6.07) is 5.31. The fourth-order valence-corrected chi connectivity index (χ4v) is 4.32. The number of sulfonamides is 1. The van der Waals surface area contributed by atoms with Crippen LogP contribution in [0.1, 0.15) is 5.56 Å². The molecular formula is C11H12Br2N4O2S. The fraction of sp³-hybridized carbons (Fsp3) is 0.182. The average molecular weight is 424 g/mol. The number of anilines is 1. The molecule has 0 bridgehead atoms. The lowest BCUT2D eigenvalue weighted by atomic mass is 10.3. The molecule has 0 spiro atoms. The van der Waals surface area contributed by atoms with E-state index in [0.717, 1.165) is 0 Å². The molecule has 1 aromatic heterocycles. The highest BCUT2D eigenvalue weighted by Gasteiger charge is 2.22. The number of aromatic nitrogens is 2. The van der Waals surface area contributed by atoms with Crippen LogP contribution in [0.15, 0.2) is 38.4 Å². The van der Waals surface area contributed by atoms with Crippen molar-refractivity contribution in [3.8, 4) is 0 Å². The summed E-state index contributed by atoms with van der Waals surface area (Å²) < 4.78 is 28.6. The van der Waals surface area contributed by atoms with Gasteiger partial charge in [-0.15, -0.1) is 0 Å². The first kappa shape index (κ1) is 15.5. The zero-order chi connectivity index (χ0) is 14.8. The van der Waals surface area contributed by atoms with Crippen LogP contribution in [0.25, 0.3) is 0 Å². The van der Waals surface area contributed by atoms with Gasteiger partial charge in [0, 0.05) is 21.1 Å². The predicted octanol–water partition coefficient (Wildman–Crippen LogP) is 2.45. The molecule has 1 aromatic carbocycles. The highest BCUT2D eigenvalue weighted by Crippen LogP contribution is 2.32. The summed E-state index contributed by atoms with van der Waals surface area (Å²) in [5.74, 6) is 0. The van der Waals surface area contributed by atoms with Gasteiger partial charge in [0.25, 0.3) is 10.0 Å². The van der Waals surface area contributed by atoms with Gasteiger partial charge < -0.3 is 5.32 Å². The van der Waals surface area contributed by atoms with Crippen molar-refractivity contribution in [2.75, 3.05) is 11.8 Å². The Labute approximate surface area is 133 Å². The molecular weight excluding hydrogens is 412 g/mol. The molecule has 2 rings (SSSR count). The Morgan fingerprint density at radius 2 is 1.95 bits per heavy atom. The van der Waals surface area contributed by atoms with Gasteiger partial charge >= 0.3 is 0 Å². The van der Waals surface area contributed by atoms with Gasteiger partial charge in [-0.05, 0) is 51.0 Å². The summed E-state index contributed by atoms with van der Waals surface area (Å²) >= 11 is 6.63. The molecule has 20 heavy (non-hydrogen) atoms. The summed E-state index contributed by atoms with van der Waals surface area (Å²) in [6.45, 7) is 0.407. The van der Waals surface area contributed by atoms with Crippen molar-refractivity contribution in [3.63, 3.8) is 0 Å². The van der Waals surface area contributed by atoms with E-state index < -0.39 is 10.0 Å². The summed E-state index contributed by atoms with van der Waals surface area (Å²) in [5.41, 5.74) is 1.01. The smallest absolute Gasteiger partial charge is 0.279 e. The van der Waals surface area contributed by atoms with Crippen LogP contribution in [-0.4, -0.2) is 25.7 Å². The van der Waals surface area contributed by atoms with E-state index in [0.29, 0.717) is 26.7 Å². The largest absolute Gasteiger partial charge is 0.316 e. The average Bonchev–Trinajstić information content (AvgIpc) is 2.84. The van der Waals surface area contributed by atoms with Gasteiger partial charge in [0.2, 0.25) is 0 Å². The minimum atomic E-state index is -3.74. The monoisotopic (exact) mass is 422 g/mol. The van der Waals surface area contributed by atoms with Crippen LogP contribution in [0.2, 0.25) is 0 Å². The topological polar surface area (TPSA) is 86.9 Å². The summed E-state index contributed by atoms with van der Waals surface area (Å²) in [4.78, 5) is 0. The molecule has 0 unspecified atom stereocenters. The quantitative estimate of drug-likeness (QED) is 0.689. The molecule has 2 aromatic rings. The molecule has 0 aliphatic carbocycles. The Morgan fingerprint density at radius 1 is 1.30 bits per heavy atom. The lowest BCUT2D eigenvalue weighted by Gasteiger charge is -2.11. The number of hydrogen-bond donors (Lipinski definition) is 3. The van der Waals surface area contributed by atoms with E-state index in [9.17, 15) is 8.42 Å². The zero-order valence-electron chi connectivity index (χ0n) is 10.4. The summed E-state index contributed by atoms with van der Waals surface area (Å²) in [7, 11) is -2.00. The van der Waals surface area contributed by atoms with Crippen molar-refractivity contribution in [2.45, 2.75) is 11.6 Å². The summed E-state index contributed by atoms with van der Waals surface area (Å²) in [6.07, 6.45) is 1.49. The molecule has 0 radical (unpaired) electrons. The van der Waals surface area contributed by atoms with Gasteiger partial charge in [0.1, 0.15) is 0 Å². The molecule has 0 aliphatic rings. The molecule has 0 fully saturated rings. The highest BCUT2D eigenvalue weighted by molar-refractivity contribution is 9.11. The molecule has 0 amide bonds. The molecule has 3 N–H and O–H groups in total. The van der Waals surface area contributed by atoms with E-state index in [-0.39, 0.29) is 5.03 Å². The van der Waals surface area contributed by atoms with E-state index in [4.69, 9.17) is 0 Å². The first-order chi connectivity index (χ1) is 9.45. The van der Waals surface area contributed by atoms with Gasteiger partial charge in [-0.3, -0.25) is 9.82 Å². The van der Waals surface area contributed by atoms with E-state index >= 15 is 0 Å². The van der Waals surface area contributed by atoms with Gasteiger partial charge in [0.05, 0.1) is 11.9 Å². The third-order valence-corrected chi connectivity index (χ3v) is 5.20. The maximum atomic E-state index is 12.4. The van der Waals surface area contributed by atoms with Crippen molar-refractivity contribution < 1.29 is 8.42 Å². The Balaban J connectivity index is 2.39. The molecule has 0 aliphatic heterocycles. The molecule has 0 saturated carbocycles. The predicted molar refractivity (Wildman–Crippen MR) is 84.0 cm³/mol. The Morgan fingerprint density at radius 3 is 2.55 bits per heavy atom. The van der Waals surface area contributed by atoms with Gasteiger partial charge in [-0.2, -0.15) is 13.5 Å². The Hall–Kier alpha value is -0.900. The second-order valence-corrected chi connectivity index (χ2v) is 7.28. The standard InChI is InChI=1S/C11H12Br2N4O2S/c1-14-5-7-6-15-16-11(7)20(18,19)17-10-8(12)3-2-4-9(10)13/h2-4,6,14,17H,5H2,1H3,(H,15,16). The van der Waals surface area contributed by atoms with E-state index in [1.165, 1.54) is 6.20 Å². The van der Waals surface area contributed by atoms with Crippen molar-refractivity contribution in [1.29, 1.82) is 0 Å². The van der Waals surface area contributed by atoms with Crippen molar-refractivity contribution in [2.24, 2.45) is 0 Å². The van der Waals surface area contributed by atoms with Crippen LogP contribution in [-0.2, 0) is 16.6 Å². The molecule has 108 valence electrons. The zero-order valence-corrected chi connectivity index (χ0v) is 14.4. The second kappa shape index (κ2) is 6.25. The lowest BCUT2D eigenvalue weighted by Crippen LogP contribution is -2.17. The van der Waals surface area contributed by atoms with Crippen LogP contribution in [0.4, 0.5) is 5.69 Å². The number of nitrogens with zero attached hydrogens (tertiary/aromatic N) is 1. The lowest BCUT2D eigenvalue weighted by molar-refractivity contribution is 0.595. The van der Waals surface area contributed by atoms with Crippen molar-refractivity contribution in [3.05, 3.63) is 38.9 Å². The normalized spacial score (nSPS) is 11.6. The van der Waals surface area contributed by atoms with E-state index in [1.807, 2.05) is 0 Å². The number of aromatic amines is 1. The van der Waals surface area contributed by atoms with Gasteiger partial charge in [0.15, 0.2) is 5.03 Å². The number of para-hydroxylation sites is 1. The molecule has 6 nitrogen and oxygen atoms in total. The van der Waals surface area contributed by atoms with Crippen LogP contribution >= 0.6 is 31.9 Å². The maximum Gasteiger partial charge on any atom is 0.279 e. The third-order valence-electron chi connectivity index (χ3n) is 2.51. The second-order valence-electron chi connectivity index (χ2n) is 3.96. The van der Waals surface area contributed by atoms with Crippen LogP contribution in [0.5, 0.6) is 0 Å². The van der Waals surface area contributed by atoms with Crippen molar-refractivity contribution >= 4 is 47.6 Å². The first-order valence-corrected chi connectivity index (χ1v) is 8.66.